The summed E-state index contributed by atoms with van der Waals surface area (Å²) in [5.74, 6) is 6.31. The zero-order chi connectivity index (χ0) is 24.8. The third-order valence-electron chi connectivity index (χ3n) is 9.36. The van der Waals surface area contributed by atoms with Crippen LogP contribution in [0.1, 0.15) is 121 Å². The van der Waals surface area contributed by atoms with Gasteiger partial charge in [-0.15, -0.1) is 0 Å². The minimum atomic E-state index is 0.347. The Bertz CT molecular complexity index is 489. The van der Waals surface area contributed by atoms with Crippen molar-refractivity contribution in [3.63, 3.8) is 0 Å². The average Bonchev–Trinajstić information content (AvgIpc) is 2.70. The molecule has 0 heterocycles. The van der Waals surface area contributed by atoms with E-state index in [1.54, 1.807) is 0 Å². The fraction of sp³-hybridized carbons (Fsp3) is 1.00. The molecule has 0 aliphatic heterocycles. The molecule has 196 valence electrons. The third kappa shape index (κ3) is 8.52. The SMILES string of the molecule is CC(C)CC(CNC1C(C)CCCC1C(C)C)(CNC1C(C)CCCC1C(C)C)CC(C)C. The lowest BCUT2D eigenvalue weighted by atomic mass is 9.69. The second kappa shape index (κ2) is 13.3. The first kappa shape index (κ1) is 29.2. The van der Waals surface area contributed by atoms with Crippen molar-refractivity contribution < 1.29 is 0 Å². The standard InChI is InChI=1S/C31H62N2/c1-21(2)17-31(18-22(3)4,19-32-29-25(9)13-11-15-27(29)23(5)6)20-33-30-26(10)14-12-16-28(30)24(7)8/h21-30,32-33H,11-20H2,1-10H3. The van der Waals surface area contributed by atoms with Crippen LogP contribution in [0.3, 0.4) is 0 Å². The summed E-state index contributed by atoms with van der Waals surface area (Å²) < 4.78 is 0. The highest BCUT2D eigenvalue weighted by molar-refractivity contribution is 4.95. The molecular weight excluding hydrogens is 400 g/mol. The summed E-state index contributed by atoms with van der Waals surface area (Å²) in [6.07, 6.45) is 11.1. The van der Waals surface area contributed by atoms with Crippen LogP contribution in [0, 0.1) is 52.8 Å². The molecule has 0 saturated heterocycles. The molecule has 0 aromatic rings. The summed E-state index contributed by atoms with van der Waals surface area (Å²) in [6.45, 7) is 26.9. The number of hydrogen-bond donors (Lipinski definition) is 2. The Kier molecular flexibility index (Phi) is 11.7. The monoisotopic (exact) mass is 462 g/mol. The zero-order valence-corrected chi connectivity index (χ0v) is 24.3. The van der Waals surface area contributed by atoms with Crippen LogP contribution in [-0.2, 0) is 0 Å². The average molecular weight is 463 g/mol. The molecule has 2 fully saturated rings. The van der Waals surface area contributed by atoms with E-state index in [4.69, 9.17) is 0 Å². The van der Waals surface area contributed by atoms with Gasteiger partial charge in [-0.2, -0.15) is 0 Å². The fourth-order valence-electron chi connectivity index (χ4n) is 7.95. The minimum absolute atomic E-state index is 0.347. The first-order valence-electron chi connectivity index (χ1n) is 14.9. The van der Waals surface area contributed by atoms with Crippen LogP contribution in [0.2, 0.25) is 0 Å². The molecule has 2 saturated carbocycles. The van der Waals surface area contributed by atoms with Gasteiger partial charge in [-0.05, 0) is 91.3 Å². The molecule has 2 nitrogen and oxygen atoms in total. The van der Waals surface area contributed by atoms with Gasteiger partial charge >= 0.3 is 0 Å². The number of hydrogen-bond acceptors (Lipinski definition) is 2. The topological polar surface area (TPSA) is 24.1 Å². The van der Waals surface area contributed by atoms with E-state index >= 15 is 0 Å². The third-order valence-corrected chi connectivity index (χ3v) is 9.36. The molecule has 2 heteroatoms. The molecule has 0 spiro atoms. The van der Waals surface area contributed by atoms with Crippen molar-refractivity contribution in [3.8, 4) is 0 Å². The van der Waals surface area contributed by atoms with Gasteiger partial charge in [-0.1, -0.05) is 82.1 Å². The highest BCUT2D eigenvalue weighted by Gasteiger charge is 2.39. The lowest BCUT2D eigenvalue weighted by molar-refractivity contribution is 0.0911. The van der Waals surface area contributed by atoms with Gasteiger partial charge in [-0.25, -0.2) is 0 Å². The molecular formula is C31H62N2. The van der Waals surface area contributed by atoms with Crippen molar-refractivity contribution in [2.24, 2.45) is 52.8 Å². The quantitative estimate of drug-likeness (QED) is 0.305. The molecule has 2 N–H and O–H groups in total. The first-order chi connectivity index (χ1) is 15.5. The van der Waals surface area contributed by atoms with Gasteiger partial charge in [0.05, 0.1) is 0 Å². The highest BCUT2D eigenvalue weighted by Crippen LogP contribution is 2.39. The maximum Gasteiger partial charge on any atom is 0.0124 e. The van der Waals surface area contributed by atoms with E-state index < -0.39 is 0 Å². The minimum Gasteiger partial charge on any atom is -0.313 e. The summed E-state index contributed by atoms with van der Waals surface area (Å²) in [4.78, 5) is 0. The van der Waals surface area contributed by atoms with E-state index in [2.05, 4.69) is 79.9 Å². The lowest BCUT2D eigenvalue weighted by Crippen LogP contribution is -2.55. The van der Waals surface area contributed by atoms with Crippen LogP contribution in [0.4, 0.5) is 0 Å². The molecule has 0 aromatic carbocycles. The molecule has 0 radical (unpaired) electrons. The van der Waals surface area contributed by atoms with Crippen molar-refractivity contribution in [1.29, 1.82) is 0 Å². The maximum absolute atomic E-state index is 4.25. The Hall–Kier alpha value is -0.0800. The Balaban J connectivity index is 2.21. The second-order valence-corrected chi connectivity index (χ2v) is 14.1. The van der Waals surface area contributed by atoms with Gasteiger partial charge in [0.1, 0.15) is 0 Å². The summed E-state index contributed by atoms with van der Waals surface area (Å²) >= 11 is 0. The predicted molar refractivity (Wildman–Crippen MR) is 148 cm³/mol. The van der Waals surface area contributed by atoms with E-state index in [1.165, 1.54) is 64.5 Å². The van der Waals surface area contributed by atoms with Gasteiger partial charge < -0.3 is 10.6 Å². The predicted octanol–water partition coefficient (Wildman–Crippen LogP) is 8.17. The van der Waals surface area contributed by atoms with Gasteiger partial charge in [0.2, 0.25) is 0 Å². The molecule has 6 atom stereocenters. The first-order valence-corrected chi connectivity index (χ1v) is 14.9. The van der Waals surface area contributed by atoms with Crippen LogP contribution in [0.15, 0.2) is 0 Å². The Morgan fingerprint density at radius 2 is 0.970 bits per heavy atom. The fourth-order valence-corrected chi connectivity index (χ4v) is 7.95. The van der Waals surface area contributed by atoms with Gasteiger partial charge in [0.15, 0.2) is 0 Å². The maximum atomic E-state index is 4.25. The molecule has 0 amide bonds. The van der Waals surface area contributed by atoms with Crippen molar-refractivity contribution in [1.82, 2.24) is 10.6 Å². The van der Waals surface area contributed by atoms with E-state index in [1.807, 2.05) is 0 Å². The molecule has 0 aromatic heterocycles. The molecule has 2 aliphatic carbocycles. The van der Waals surface area contributed by atoms with E-state index in [9.17, 15) is 0 Å². The van der Waals surface area contributed by atoms with Gasteiger partial charge in [-0.3, -0.25) is 0 Å². The molecule has 33 heavy (non-hydrogen) atoms. The van der Waals surface area contributed by atoms with Crippen LogP contribution in [0.5, 0.6) is 0 Å². The van der Waals surface area contributed by atoms with E-state index in [0.29, 0.717) is 17.5 Å². The highest BCUT2D eigenvalue weighted by atomic mass is 15.0. The van der Waals surface area contributed by atoms with Crippen LogP contribution >= 0.6 is 0 Å². The largest absolute Gasteiger partial charge is 0.313 e. The van der Waals surface area contributed by atoms with Gasteiger partial charge in [0, 0.05) is 25.2 Å². The van der Waals surface area contributed by atoms with Crippen molar-refractivity contribution in [3.05, 3.63) is 0 Å². The lowest BCUT2D eigenvalue weighted by Gasteiger charge is -2.46. The van der Waals surface area contributed by atoms with Crippen LogP contribution in [-0.4, -0.2) is 25.2 Å². The normalized spacial score (nSPS) is 31.8. The number of rotatable bonds is 12. The van der Waals surface area contributed by atoms with E-state index in [-0.39, 0.29) is 0 Å². The van der Waals surface area contributed by atoms with Gasteiger partial charge in [0.25, 0.3) is 0 Å². The summed E-state index contributed by atoms with van der Waals surface area (Å²) in [6, 6.07) is 1.38. The zero-order valence-electron chi connectivity index (χ0n) is 24.3. The number of nitrogens with one attached hydrogen (secondary N) is 2. The molecule has 6 unspecified atom stereocenters. The van der Waals surface area contributed by atoms with Crippen molar-refractivity contribution in [2.75, 3.05) is 13.1 Å². The Labute approximate surface area is 209 Å². The molecule has 2 rings (SSSR count). The molecule has 0 bridgehead atoms. The van der Waals surface area contributed by atoms with Crippen molar-refractivity contribution >= 4 is 0 Å². The Morgan fingerprint density at radius 1 is 0.606 bits per heavy atom. The molecule has 2 aliphatic rings. The summed E-state index contributed by atoms with van der Waals surface area (Å²) in [7, 11) is 0. The van der Waals surface area contributed by atoms with Crippen molar-refractivity contribution in [2.45, 2.75) is 133 Å². The second-order valence-electron chi connectivity index (χ2n) is 14.1. The summed E-state index contributed by atoms with van der Waals surface area (Å²) in [5, 5.41) is 8.49. The van der Waals surface area contributed by atoms with E-state index in [0.717, 1.165) is 47.3 Å². The van der Waals surface area contributed by atoms with Crippen LogP contribution in [0.25, 0.3) is 0 Å². The summed E-state index contributed by atoms with van der Waals surface area (Å²) in [5.41, 5.74) is 0.347. The van der Waals surface area contributed by atoms with Crippen LogP contribution < -0.4 is 10.6 Å². The smallest absolute Gasteiger partial charge is 0.0124 e. The Morgan fingerprint density at radius 3 is 1.27 bits per heavy atom.